The van der Waals surface area contributed by atoms with Crippen LogP contribution in [0.2, 0.25) is 0 Å². The lowest BCUT2D eigenvalue weighted by molar-refractivity contribution is 1.08. The van der Waals surface area contributed by atoms with E-state index in [2.05, 4.69) is 48.4 Å². The van der Waals surface area contributed by atoms with Gasteiger partial charge in [-0.2, -0.15) is 0 Å². The summed E-state index contributed by atoms with van der Waals surface area (Å²) in [6.45, 7) is 5.07. The third kappa shape index (κ3) is 3.49. The van der Waals surface area contributed by atoms with E-state index in [0.29, 0.717) is 0 Å². The van der Waals surface area contributed by atoms with Crippen molar-refractivity contribution in [3.8, 4) is 0 Å². The van der Waals surface area contributed by atoms with Crippen LogP contribution in [0.25, 0.3) is 0 Å². The van der Waals surface area contributed by atoms with Gasteiger partial charge in [-0.05, 0) is 38.1 Å². The van der Waals surface area contributed by atoms with Crippen molar-refractivity contribution < 1.29 is 0 Å². The second-order valence-electron chi connectivity index (χ2n) is 3.81. The van der Waals surface area contributed by atoms with Crippen LogP contribution in [0.3, 0.4) is 0 Å². The van der Waals surface area contributed by atoms with Crippen molar-refractivity contribution in [2.24, 2.45) is 0 Å². The van der Waals surface area contributed by atoms with E-state index in [1.54, 1.807) is 11.8 Å². The summed E-state index contributed by atoms with van der Waals surface area (Å²) in [5.74, 6) is 0.935. The van der Waals surface area contributed by atoms with Crippen LogP contribution in [0.5, 0.6) is 0 Å². The molecule has 17 heavy (non-hydrogen) atoms. The molecule has 3 heteroatoms. The average Bonchev–Trinajstić information content (AvgIpc) is 2.30. The first-order valence-electron chi connectivity index (χ1n) is 5.73. The van der Waals surface area contributed by atoms with Crippen LogP contribution in [0.15, 0.2) is 52.4 Å². The standard InChI is InChI=1S/C14H16N2S/c1-3-15-13-8-5-9-14(16-13)17-12-7-4-6-11(2)10-12/h4-10H,3H2,1-2H3,(H,15,16). The summed E-state index contributed by atoms with van der Waals surface area (Å²) in [6, 6.07) is 14.5. The first kappa shape index (κ1) is 12.0. The monoisotopic (exact) mass is 244 g/mol. The lowest BCUT2D eigenvalue weighted by Crippen LogP contribution is -1.98. The normalized spacial score (nSPS) is 10.2. The summed E-state index contributed by atoms with van der Waals surface area (Å²) in [4.78, 5) is 5.77. The van der Waals surface area contributed by atoms with Gasteiger partial charge in [-0.15, -0.1) is 0 Å². The van der Waals surface area contributed by atoms with Gasteiger partial charge in [0.15, 0.2) is 0 Å². The zero-order chi connectivity index (χ0) is 12.1. The maximum atomic E-state index is 4.54. The van der Waals surface area contributed by atoms with Crippen molar-refractivity contribution in [2.75, 3.05) is 11.9 Å². The zero-order valence-electron chi connectivity index (χ0n) is 10.1. The van der Waals surface area contributed by atoms with Crippen LogP contribution in [0.1, 0.15) is 12.5 Å². The number of pyridine rings is 1. The fourth-order valence-electron chi connectivity index (χ4n) is 1.55. The summed E-state index contributed by atoms with van der Waals surface area (Å²) < 4.78 is 0. The van der Waals surface area contributed by atoms with Crippen LogP contribution >= 0.6 is 11.8 Å². The highest BCUT2D eigenvalue weighted by Crippen LogP contribution is 2.27. The van der Waals surface area contributed by atoms with Gasteiger partial charge in [0.1, 0.15) is 10.8 Å². The van der Waals surface area contributed by atoms with E-state index in [9.17, 15) is 0 Å². The minimum absolute atomic E-state index is 0.894. The number of rotatable bonds is 4. The first-order chi connectivity index (χ1) is 8.28. The van der Waals surface area contributed by atoms with Gasteiger partial charge in [0.05, 0.1) is 0 Å². The number of hydrogen-bond donors (Lipinski definition) is 1. The number of aryl methyl sites for hydroxylation is 1. The highest BCUT2D eigenvalue weighted by molar-refractivity contribution is 7.99. The molecule has 0 aliphatic heterocycles. The fourth-order valence-corrected chi connectivity index (χ4v) is 2.47. The maximum absolute atomic E-state index is 4.54. The Morgan fingerprint density at radius 3 is 2.76 bits per heavy atom. The van der Waals surface area contributed by atoms with Gasteiger partial charge in [0, 0.05) is 11.4 Å². The molecule has 0 aliphatic carbocycles. The van der Waals surface area contributed by atoms with Crippen LogP contribution in [0.4, 0.5) is 5.82 Å². The molecule has 1 aromatic carbocycles. The molecule has 0 saturated heterocycles. The van der Waals surface area contributed by atoms with Crippen molar-refractivity contribution in [1.82, 2.24) is 4.98 Å². The summed E-state index contributed by atoms with van der Waals surface area (Å²) >= 11 is 1.69. The second-order valence-corrected chi connectivity index (χ2v) is 4.90. The van der Waals surface area contributed by atoms with Gasteiger partial charge in [-0.25, -0.2) is 4.98 Å². The molecule has 0 saturated carbocycles. The minimum Gasteiger partial charge on any atom is -0.370 e. The molecule has 1 heterocycles. The molecule has 0 aliphatic rings. The van der Waals surface area contributed by atoms with E-state index in [1.807, 2.05) is 18.2 Å². The van der Waals surface area contributed by atoms with Gasteiger partial charge in [0.25, 0.3) is 0 Å². The van der Waals surface area contributed by atoms with E-state index < -0.39 is 0 Å². The average molecular weight is 244 g/mol. The number of benzene rings is 1. The topological polar surface area (TPSA) is 24.9 Å². The number of nitrogens with one attached hydrogen (secondary N) is 1. The van der Waals surface area contributed by atoms with Gasteiger partial charge < -0.3 is 5.32 Å². The van der Waals surface area contributed by atoms with Crippen molar-refractivity contribution in [3.05, 3.63) is 48.0 Å². The molecule has 0 fully saturated rings. The quantitative estimate of drug-likeness (QED) is 0.880. The van der Waals surface area contributed by atoms with Gasteiger partial charge in [-0.3, -0.25) is 0 Å². The van der Waals surface area contributed by atoms with Crippen LogP contribution < -0.4 is 5.32 Å². The molecule has 0 amide bonds. The molecule has 2 rings (SSSR count). The smallest absolute Gasteiger partial charge is 0.127 e. The molecule has 88 valence electrons. The van der Waals surface area contributed by atoms with E-state index >= 15 is 0 Å². The Labute approximate surface area is 106 Å². The Bertz CT molecular complexity index is 497. The molecule has 0 radical (unpaired) electrons. The maximum Gasteiger partial charge on any atom is 0.127 e. The van der Waals surface area contributed by atoms with Crippen LogP contribution in [-0.4, -0.2) is 11.5 Å². The number of hydrogen-bond acceptors (Lipinski definition) is 3. The number of aromatic nitrogens is 1. The Kier molecular flexibility index (Phi) is 4.04. The van der Waals surface area contributed by atoms with Crippen LogP contribution in [-0.2, 0) is 0 Å². The van der Waals surface area contributed by atoms with E-state index in [0.717, 1.165) is 17.4 Å². The molecule has 1 aromatic heterocycles. The first-order valence-corrected chi connectivity index (χ1v) is 6.55. The zero-order valence-corrected chi connectivity index (χ0v) is 10.9. The van der Waals surface area contributed by atoms with Crippen molar-refractivity contribution in [2.45, 2.75) is 23.8 Å². The third-order valence-electron chi connectivity index (χ3n) is 2.29. The third-order valence-corrected chi connectivity index (χ3v) is 3.22. The van der Waals surface area contributed by atoms with Gasteiger partial charge in [0.2, 0.25) is 0 Å². The second kappa shape index (κ2) is 5.73. The molecule has 2 nitrogen and oxygen atoms in total. The van der Waals surface area contributed by atoms with Gasteiger partial charge in [-0.1, -0.05) is 35.5 Å². The summed E-state index contributed by atoms with van der Waals surface area (Å²) in [5.41, 5.74) is 1.28. The van der Waals surface area contributed by atoms with Gasteiger partial charge >= 0.3 is 0 Å². The van der Waals surface area contributed by atoms with E-state index in [1.165, 1.54) is 10.5 Å². The summed E-state index contributed by atoms with van der Waals surface area (Å²) in [7, 11) is 0. The molecule has 1 N–H and O–H groups in total. The fraction of sp³-hybridized carbons (Fsp3) is 0.214. The Morgan fingerprint density at radius 1 is 1.18 bits per heavy atom. The van der Waals surface area contributed by atoms with Crippen LogP contribution in [0, 0.1) is 6.92 Å². The summed E-state index contributed by atoms with van der Waals surface area (Å²) in [5, 5.41) is 4.24. The number of nitrogens with zero attached hydrogens (tertiary/aromatic N) is 1. The number of anilines is 1. The van der Waals surface area contributed by atoms with Crippen molar-refractivity contribution in [3.63, 3.8) is 0 Å². The molecule has 0 unspecified atom stereocenters. The molecule has 0 bridgehead atoms. The SMILES string of the molecule is CCNc1cccc(Sc2cccc(C)c2)n1. The van der Waals surface area contributed by atoms with Crippen molar-refractivity contribution in [1.29, 1.82) is 0 Å². The molecule has 2 aromatic rings. The minimum atomic E-state index is 0.894. The molecular formula is C14H16N2S. The Morgan fingerprint density at radius 2 is 2.00 bits per heavy atom. The molecular weight excluding hydrogens is 228 g/mol. The largest absolute Gasteiger partial charge is 0.370 e. The highest BCUT2D eigenvalue weighted by Gasteiger charge is 2.00. The molecule has 0 spiro atoms. The lowest BCUT2D eigenvalue weighted by Gasteiger charge is -2.05. The predicted octanol–water partition coefficient (Wildman–Crippen LogP) is 3.97. The lowest BCUT2D eigenvalue weighted by atomic mass is 10.2. The Balaban J connectivity index is 2.15. The van der Waals surface area contributed by atoms with E-state index in [4.69, 9.17) is 0 Å². The highest BCUT2D eigenvalue weighted by atomic mass is 32.2. The summed E-state index contributed by atoms with van der Waals surface area (Å²) in [6.07, 6.45) is 0. The van der Waals surface area contributed by atoms with E-state index in [-0.39, 0.29) is 0 Å². The molecule has 0 atom stereocenters. The Hall–Kier alpha value is -1.48. The van der Waals surface area contributed by atoms with Crippen molar-refractivity contribution >= 4 is 17.6 Å². The predicted molar refractivity (Wildman–Crippen MR) is 73.7 cm³/mol.